The third-order valence-corrected chi connectivity index (χ3v) is 9.27. The Morgan fingerprint density at radius 1 is 0.522 bits per heavy atom. The summed E-state index contributed by atoms with van der Waals surface area (Å²) in [6.07, 6.45) is 33.2. The van der Waals surface area contributed by atoms with Crippen LogP contribution in [0.4, 0.5) is 0 Å². The fourth-order valence-electron chi connectivity index (χ4n) is 6.16. The Morgan fingerprint density at radius 3 is 1.46 bits per heavy atom. The van der Waals surface area contributed by atoms with Crippen molar-refractivity contribution >= 4 is 11.9 Å². The topological polar surface area (TPSA) is 76.1 Å². The lowest BCUT2D eigenvalue weighted by Gasteiger charge is -2.21. The molecule has 0 radical (unpaired) electrons. The first-order valence-electron chi connectivity index (χ1n) is 20.3. The number of aliphatic hydroxyl groups is 1. The van der Waals surface area contributed by atoms with Crippen LogP contribution in [0.15, 0.2) is 0 Å². The summed E-state index contributed by atoms with van der Waals surface area (Å²) in [5.74, 6) is -0.0312. The van der Waals surface area contributed by atoms with Crippen LogP contribution in [-0.4, -0.2) is 60.9 Å². The zero-order chi connectivity index (χ0) is 33.8. The Hall–Kier alpha value is -1.14. The van der Waals surface area contributed by atoms with E-state index in [2.05, 4.69) is 25.7 Å². The average Bonchev–Trinajstić information content (AvgIpc) is 3.05. The summed E-state index contributed by atoms with van der Waals surface area (Å²) < 4.78 is 11.1. The highest BCUT2D eigenvalue weighted by atomic mass is 16.5. The normalized spacial score (nSPS) is 12.1. The van der Waals surface area contributed by atoms with Gasteiger partial charge in [-0.25, -0.2) is 0 Å². The van der Waals surface area contributed by atoms with Crippen LogP contribution in [0.25, 0.3) is 0 Å². The minimum Gasteiger partial charge on any atom is -0.466 e. The lowest BCUT2D eigenvalue weighted by atomic mass is 10.1. The van der Waals surface area contributed by atoms with Crippen molar-refractivity contribution in [3.05, 3.63) is 0 Å². The van der Waals surface area contributed by atoms with E-state index in [4.69, 9.17) is 9.47 Å². The van der Waals surface area contributed by atoms with E-state index in [-0.39, 0.29) is 24.6 Å². The van der Waals surface area contributed by atoms with Crippen LogP contribution in [0, 0.1) is 0 Å². The Kier molecular flexibility index (Phi) is 35.8. The second-order valence-electron chi connectivity index (χ2n) is 13.7. The van der Waals surface area contributed by atoms with Gasteiger partial charge in [-0.15, -0.1) is 0 Å². The summed E-state index contributed by atoms with van der Waals surface area (Å²) in [6, 6.07) is 0. The summed E-state index contributed by atoms with van der Waals surface area (Å²) in [5, 5.41) is 9.48. The Labute approximate surface area is 286 Å². The third kappa shape index (κ3) is 32.8. The Balaban J connectivity index is 3.65. The van der Waals surface area contributed by atoms with Crippen molar-refractivity contribution in [2.24, 2.45) is 0 Å². The van der Waals surface area contributed by atoms with Gasteiger partial charge in [0.05, 0.1) is 13.2 Å². The number of ether oxygens (including phenoxy) is 2. The summed E-state index contributed by atoms with van der Waals surface area (Å²) in [7, 11) is 0. The Morgan fingerprint density at radius 2 is 0.957 bits per heavy atom. The van der Waals surface area contributed by atoms with Gasteiger partial charge in [0, 0.05) is 19.4 Å². The molecule has 0 aliphatic heterocycles. The number of esters is 2. The van der Waals surface area contributed by atoms with E-state index in [0.717, 1.165) is 64.6 Å². The largest absolute Gasteiger partial charge is 0.466 e. The van der Waals surface area contributed by atoms with Gasteiger partial charge in [-0.05, 0) is 64.5 Å². The van der Waals surface area contributed by atoms with Crippen molar-refractivity contribution in [3.63, 3.8) is 0 Å². The summed E-state index contributed by atoms with van der Waals surface area (Å²) >= 11 is 0. The molecule has 46 heavy (non-hydrogen) atoms. The first kappa shape index (κ1) is 44.9. The van der Waals surface area contributed by atoms with Crippen LogP contribution < -0.4 is 0 Å². The molecule has 6 nitrogen and oxygen atoms in total. The van der Waals surface area contributed by atoms with Crippen molar-refractivity contribution in [2.75, 3.05) is 32.8 Å². The van der Waals surface area contributed by atoms with Crippen molar-refractivity contribution < 1.29 is 24.2 Å². The maximum Gasteiger partial charge on any atom is 0.306 e. The maximum atomic E-state index is 12.3. The predicted octanol–water partition coefficient (Wildman–Crippen LogP) is 11.1. The average molecular weight is 654 g/mol. The number of aliphatic hydroxyl groups excluding tert-OH is 1. The standard InChI is InChI=1S/C40H79NO5/c1-4-7-9-11-17-23-29-37-45-39(43)31-25-19-13-15-21-27-33-41(35-36-42)34-28-22-16-14-20-26-32-40(44)46-38(6-3)30-24-18-12-10-8-5-2/h38,42H,4-37H2,1-3H3. The van der Waals surface area contributed by atoms with Crippen molar-refractivity contribution in [2.45, 2.75) is 213 Å². The molecule has 0 aromatic carbocycles. The van der Waals surface area contributed by atoms with Crippen LogP contribution in [0.2, 0.25) is 0 Å². The lowest BCUT2D eigenvalue weighted by molar-refractivity contribution is -0.149. The van der Waals surface area contributed by atoms with Crippen LogP contribution in [-0.2, 0) is 19.1 Å². The second kappa shape index (κ2) is 36.7. The molecule has 1 atom stereocenters. The number of nitrogens with zero attached hydrogens (tertiary/aromatic N) is 1. The van der Waals surface area contributed by atoms with Gasteiger partial charge in [-0.2, -0.15) is 0 Å². The fourth-order valence-corrected chi connectivity index (χ4v) is 6.16. The fraction of sp³-hybridized carbons (Fsp3) is 0.950. The number of unbranched alkanes of at least 4 members (excludes halogenated alkanes) is 21. The molecule has 0 aliphatic rings. The molecule has 0 aromatic heterocycles. The SMILES string of the molecule is CCCCCCCCCOC(=O)CCCCCCCCN(CCO)CCCCCCCCC(=O)OC(CC)CCCCCCCC. The number of rotatable bonds is 37. The first-order chi connectivity index (χ1) is 22.6. The molecule has 0 saturated heterocycles. The molecule has 0 rings (SSSR count). The zero-order valence-electron chi connectivity index (χ0n) is 31.1. The van der Waals surface area contributed by atoms with E-state index in [1.807, 2.05) is 0 Å². The molecular formula is C40H79NO5. The second-order valence-corrected chi connectivity index (χ2v) is 13.7. The quantitative estimate of drug-likeness (QED) is 0.0531. The van der Waals surface area contributed by atoms with Crippen LogP contribution in [0.5, 0.6) is 0 Å². The van der Waals surface area contributed by atoms with Crippen LogP contribution in [0.3, 0.4) is 0 Å². The van der Waals surface area contributed by atoms with E-state index < -0.39 is 0 Å². The molecule has 274 valence electrons. The van der Waals surface area contributed by atoms with Gasteiger partial charge in [-0.1, -0.05) is 143 Å². The number of carbonyl (C=O) groups is 2. The molecule has 0 heterocycles. The number of carbonyl (C=O) groups excluding carboxylic acids is 2. The molecule has 0 fully saturated rings. The van der Waals surface area contributed by atoms with Gasteiger partial charge < -0.3 is 19.5 Å². The summed E-state index contributed by atoms with van der Waals surface area (Å²) in [6.45, 7) is 10.3. The minimum atomic E-state index is -0.0234. The van der Waals surface area contributed by atoms with Crippen molar-refractivity contribution in [1.82, 2.24) is 4.90 Å². The molecule has 0 spiro atoms. The van der Waals surface area contributed by atoms with Crippen molar-refractivity contribution in [1.29, 1.82) is 0 Å². The van der Waals surface area contributed by atoms with Gasteiger partial charge in [-0.3, -0.25) is 9.59 Å². The molecule has 1 N–H and O–H groups in total. The monoisotopic (exact) mass is 654 g/mol. The third-order valence-electron chi connectivity index (χ3n) is 9.27. The van der Waals surface area contributed by atoms with E-state index >= 15 is 0 Å². The smallest absolute Gasteiger partial charge is 0.306 e. The first-order valence-corrected chi connectivity index (χ1v) is 20.3. The molecule has 6 heteroatoms. The summed E-state index contributed by atoms with van der Waals surface area (Å²) in [5.41, 5.74) is 0. The lowest BCUT2D eigenvalue weighted by Crippen LogP contribution is -2.29. The molecule has 0 saturated carbocycles. The minimum absolute atomic E-state index is 0.00785. The molecule has 0 aliphatic carbocycles. The summed E-state index contributed by atoms with van der Waals surface area (Å²) in [4.78, 5) is 26.6. The van der Waals surface area contributed by atoms with Gasteiger partial charge >= 0.3 is 11.9 Å². The van der Waals surface area contributed by atoms with Crippen molar-refractivity contribution in [3.8, 4) is 0 Å². The van der Waals surface area contributed by atoms with Gasteiger partial charge in [0.1, 0.15) is 6.10 Å². The zero-order valence-corrected chi connectivity index (χ0v) is 31.1. The number of hydrogen-bond acceptors (Lipinski definition) is 6. The van der Waals surface area contributed by atoms with Crippen LogP contribution in [0.1, 0.15) is 207 Å². The van der Waals surface area contributed by atoms with E-state index in [9.17, 15) is 14.7 Å². The number of hydrogen-bond donors (Lipinski definition) is 1. The highest BCUT2D eigenvalue weighted by Crippen LogP contribution is 2.15. The highest BCUT2D eigenvalue weighted by Gasteiger charge is 2.12. The van der Waals surface area contributed by atoms with Gasteiger partial charge in [0.2, 0.25) is 0 Å². The van der Waals surface area contributed by atoms with Gasteiger partial charge in [0.25, 0.3) is 0 Å². The molecule has 0 amide bonds. The molecule has 0 aromatic rings. The van der Waals surface area contributed by atoms with E-state index in [1.54, 1.807) is 0 Å². The maximum absolute atomic E-state index is 12.3. The van der Waals surface area contributed by atoms with E-state index in [1.165, 1.54) is 128 Å². The predicted molar refractivity (Wildman–Crippen MR) is 195 cm³/mol. The molecular weight excluding hydrogens is 574 g/mol. The molecule has 0 bridgehead atoms. The van der Waals surface area contributed by atoms with E-state index in [0.29, 0.717) is 19.4 Å². The van der Waals surface area contributed by atoms with Crippen LogP contribution >= 0.6 is 0 Å². The molecule has 1 unspecified atom stereocenters. The highest BCUT2D eigenvalue weighted by molar-refractivity contribution is 5.69. The Bertz CT molecular complexity index is 643. The van der Waals surface area contributed by atoms with Gasteiger partial charge in [0.15, 0.2) is 0 Å².